The molecule has 3 nitrogen and oxygen atoms in total. The van der Waals surface area contributed by atoms with Gasteiger partial charge in [-0.3, -0.25) is 0 Å². The van der Waals surface area contributed by atoms with Gasteiger partial charge in [-0.25, -0.2) is 0 Å². The van der Waals surface area contributed by atoms with Crippen LogP contribution in [0.4, 0.5) is 0 Å². The summed E-state index contributed by atoms with van der Waals surface area (Å²) >= 11 is 6.50. The van der Waals surface area contributed by atoms with Crippen LogP contribution in [-0.2, 0) is 13.0 Å². The minimum absolute atomic E-state index is 0.645. The molecular formula is C20H21ClN2O. The van der Waals surface area contributed by atoms with Crippen molar-refractivity contribution in [3.05, 3.63) is 53.2 Å². The minimum Gasteiger partial charge on any atom is -0.494 e. The van der Waals surface area contributed by atoms with E-state index in [2.05, 4.69) is 34.1 Å². The van der Waals surface area contributed by atoms with Crippen LogP contribution in [0, 0.1) is 0 Å². The Balaban J connectivity index is 1.79. The van der Waals surface area contributed by atoms with Gasteiger partial charge in [-0.15, -0.1) is 0 Å². The molecule has 4 rings (SSSR count). The maximum Gasteiger partial charge on any atom is 0.120 e. The van der Waals surface area contributed by atoms with Gasteiger partial charge >= 0.3 is 0 Å². The number of fused-ring (bicyclic) bond motifs is 3. The number of benzene rings is 2. The summed E-state index contributed by atoms with van der Waals surface area (Å²) in [4.78, 5) is 0. The van der Waals surface area contributed by atoms with Gasteiger partial charge in [-0.2, -0.15) is 0 Å². The standard InChI is InChI=1S/C20H21ClN2O/c1-2-24-17-5-6-18(19(21)13-17)14-3-4-15-11-16-7-8-22-9-10-23(16)20(15)12-14/h3-6,11-13,22H,2,7-10H2,1H3. The van der Waals surface area contributed by atoms with Crippen LogP contribution in [0.1, 0.15) is 12.6 Å². The topological polar surface area (TPSA) is 26.2 Å². The Morgan fingerprint density at radius 2 is 2.04 bits per heavy atom. The monoisotopic (exact) mass is 340 g/mol. The van der Waals surface area contributed by atoms with E-state index in [0.717, 1.165) is 48.0 Å². The van der Waals surface area contributed by atoms with Crippen LogP contribution in [0.25, 0.3) is 22.0 Å². The molecule has 4 heteroatoms. The number of halogens is 1. The van der Waals surface area contributed by atoms with E-state index < -0.39 is 0 Å². The lowest BCUT2D eigenvalue weighted by Gasteiger charge is -2.10. The predicted octanol–water partition coefficient (Wildman–Crippen LogP) is 4.51. The van der Waals surface area contributed by atoms with Crippen molar-refractivity contribution in [2.45, 2.75) is 19.9 Å². The van der Waals surface area contributed by atoms with Crippen molar-refractivity contribution in [2.24, 2.45) is 0 Å². The Morgan fingerprint density at radius 3 is 2.88 bits per heavy atom. The van der Waals surface area contributed by atoms with E-state index in [4.69, 9.17) is 16.3 Å². The van der Waals surface area contributed by atoms with E-state index in [9.17, 15) is 0 Å². The maximum atomic E-state index is 6.50. The smallest absolute Gasteiger partial charge is 0.120 e. The number of hydrogen-bond donors (Lipinski definition) is 1. The SMILES string of the molecule is CCOc1ccc(-c2ccc3cc4n(c3c2)CCNCC4)c(Cl)c1. The van der Waals surface area contributed by atoms with E-state index in [0.29, 0.717) is 6.61 Å². The number of ether oxygens (including phenoxy) is 1. The molecule has 1 aliphatic heterocycles. The van der Waals surface area contributed by atoms with E-state index in [1.165, 1.54) is 16.6 Å². The van der Waals surface area contributed by atoms with Gasteiger partial charge in [-0.1, -0.05) is 23.7 Å². The third-order valence-corrected chi connectivity index (χ3v) is 4.94. The normalized spacial score (nSPS) is 14.4. The first-order valence-electron chi connectivity index (χ1n) is 8.52. The van der Waals surface area contributed by atoms with Gasteiger partial charge in [0.1, 0.15) is 5.75 Å². The highest BCUT2D eigenvalue weighted by atomic mass is 35.5. The third kappa shape index (κ3) is 2.79. The Labute approximate surface area is 147 Å². The van der Waals surface area contributed by atoms with Gasteiger partial charge in [-0.05, 0) is 48.2 Å². The van der Waals surface area contributed by atoms with Crippen LogP contribution in [0.2, 0.25) is 5.02 Å². The Kier molecular flexibility index (Phi) is 4.21. The van der Waals surface area contributed by atoms with Crippen LogP contribution < -0.4 is 10.1 Å². The molecule has 0 amide bonds. The molecule has 2 heterocycles. The highest BCUT2D eigenvalue weighted by Gasteiger charge is 2.13. The summed E-state index contributed by atoms with van der Waals surface area (Å²) in [7, 11) is 0. The molecule has 0 unspecified atom stereocenters. The summed E-state index contributed by atoms with van der Waals surface area (Å²) in [6.45, 7) is 5.70. The molecule has 0 spiro atoms. The molecule has 0 radical (unpaired) electrons. The zero-order chi connectivity index (χ0) is 16.5. The van der Waals surface area contributed by atoms with Gasteiger partial charge in [0.25, 0.3) is 0 Å². The van der Waals surface area contributed by atoms with E-state index in [-0.39, 0.29) is 0 Å². The average molecular weight is 341 g/mol. The lowest BCUT2D eigenvalue weighted by atomic mass is 10.0. The second-order valence-electron chi connectivity index (χ2n) is 6.14. The highest BCUT2D eigenvalue weighted by molar-refractivity contribution is 6.33. The van der Waals surface area contributed by atoms with Crippen molar-refractivity contribution in [2.75, 3.05) is 19.7 Å². The van der Waals surface area contributed by atoms with E-state index in [1.54, 1.807) is 0 Å². The van der Waals surface area contributed by atoms with Crippen molar-refractivity contribution < 1.29 is 4.74 Å². The molecule has 1 aromatic heterocycles. The largest absolute Gasteiger partial charge is 0.494 e. The van der Waals surface area contributed by atoms with Gasteiger partial charge in [0.15, 0.2) is 0 Å². The summed E-state index contributed by atoms with van der Waals surface area (Å²) in [5, 5.41) is 5.49. The van der Waals surface area contributed by atoms with Crippen LogP contribution in [0.5, 0.6) is 5.75 Å². The molecule has 2 aromatic carbocycles. The zero-order valence-corrected chi connectivity index (χ0v) is 14.6. The van der Waals surface area contributed by atoms with Crippen molar-refractivity contribution >= 4 is 22.5 Å². The molecule has 1 aliphatic rings. The summed E-state index contributed by atoms with van der Waals surface area (Å²) in [6, 6.07) is 14.8. The van der Waals surface area contributed by atoms with Crippen LogP contribution in [0.3, 0.4) is 0 Å². The fraction of sp³-hybridized carbons (Fsp3) is 0.300. The molecule has 0 saturated carbocycles. The molecule has 0 atom stereocenters. The number of nitrogens with one attached hydrogen (secondary N) is 1. The fourth-order valence-corrected chi connectivity index (χ4v) is 3.75. The van der Waals surface area contributed by atoms with Crippen LogP contribution in [0.15, 0.2) is 42.5 Å². The highest BCUT2D eigenvalue weighted by Crippen LogP contribution is 2.34. The summed E-state index contributed by atoms with van der Waals surface area (Å²) in [5.41, 5.74) is 4.89. The third-order valence-electron chi connectivity index (χ3n) is 4.62. The first kappa shape index (κ1) is 15.6. The van der Waals surface area contributed by atoms with Crippen molar-refractivity contribution in [3.63, 3.8) is 0 Å². The van der Waals surface area contributed by atoms with E-state index >= 15 is 0 Å². The Morgan fingerprint density at radius 1 is 1.12 bits per heavy atom. The molecule has 1 N–H and O–H groups in total. The lowest BCUT2D eigenvalue weighted by Crippen LogP contribution is -2.17. The van der Waals surface area contributed by atoms with Crippen molar-refractivity contribution in [3.8, 4) is 16.9 Å². The number of nitrogens with zero attached hydrogens (tertiary/aromatic N) is 1. The molecule has 124 valence electrons. The Bertz CT molecular complexity index is 885. The first-order chi connectivity index (χ1) is 11.8. The predicted molar refractivity (Wildman–Crippen MR) is 100 cm³/mol. The Hall–Kier alpha value is -1.97. The lowest BCUT2D eigenvalue weighted by molar-refractivity contribution is 0.340. The first-order valence-corrected chi connectivity index (χ1v) is 8.89. The van der Waals surface area contributed by atoms with E-state index in [1.807, 2.05) is 25.1 Å². The minimum atomic E-state index is 0.645. The van der Waals surface area contributed by atoms with Gasteiger partial charge in [0, 0.05) is 42.8 Å². The maximum absolute atomic E-state index is 6.50. The van der Waals surface area contributed by atoms with Crippen molar-refractivity contribution in [1.29, 1.82) is 0 Å². The van der Waals surface area contributed by atoms with Gasteiger partial charge in [0.2, 0.25) is 0 Å². The number of hydrogen-bond acceptors (Lipinski definition) is 2. The fourth-order valence-electron chi connectivity index (χ4n) is 3.47. The molecule has 0 aliphatic carbocycles. The summed E-state index contributed by atoms with van der Waals surface area (Å²) < 4.78 is 7.96. The number of rotatable bonds is 3. The van der Waals surface area contributed by atoms with Gasteiger partial charge in [0.05, 0.1) is 11.6 Å². The second kappa shape index (κ2) is 6.50. The molecule has 0 bridgehead atoms. The summed E-state index contributed by atoms with van der Waals surface area (Å²) in [6.07, 6.45) is 1.08. The van der Waals surface area contributed by atoms with Crippen LogP contribution in [-0.4, -0.2) is 24.3 Å². The second-order valence-corrected chi connectivity index (χ2v) is 6.54. The molecule has 24 heavy (non-hydrogen) atoms. The van der Waals surface area contributed by atoms with Crippen molar-refractivity contribution in [1.82, 2.24) is 9.88 Å². The molecule has 0 saturated heterocycles. The molecular weight excluding hydrogens is 320 g/mol. The molecule has 3 aromatic rings. The quantitative estimate of drug-likeness (QED) is 0.759. The zero-order valence-electron chi connectivity index (χ0n) is 13.8. The van der Waals surface area contributed by atoms with Gasteiger partial charge < -0.3 is 14.6 Å². The summed E-state index contributed by atoms with van der Waals surface area (Å²) in [5.74, 6) is 0.815. The number of aromatic nitrogens is 1. The average Bonchev–Trinajstić information content (AvgIpc) is 2.76. The molecule has 0 fully saturated rings. The van der Waals surface area contributed by atoms with Crippen LogP contribution >= 0.6 is 11.6 Å².